The lowest BCUT2D eigenvalue weighted by atomic mass is 10.2. The van der Waals surface area contributed by atoms with Crippen LogP contribution in [0.3, 0.4) is 0 Å². The second-order valence-corrected chi connectivity index (χ2v) is 5.80. The molecule has 0 spiro atoms. The molecule has 0 saturated carbocycles. The summed E-state index contributed by atoms with van der Waals surface area (Å²) in [6, 6.07) is 6.97. The zero-order valence-corrected chi connectivity index (χ0v) is 13.7. The second-order valence-electron chi connectivity index (χ2n) is 4.89. The quantitative estimate of drug-likeness (QED) is 0.741. The van der Waals surface area contributed by atoms with Crippen LogP contribution in [0, 0.1) is 11.6 Å². The number of nitrogens with zero attached hydrogens (tertiary/aromatic N) is 2. The van der Waals surface area contributed by atoms with E-state index >= 15 is 0 Å². The molecule has 1 aromatic carbocycles. The Morgan fingerprint density at radius 2 is 1.96 bits per heavy atom. The van der Waals surface area contributed by atoms with E-state index in [1.165, 1.54) is 6.07 Å². The maximum atomic E-state index is 13.7. The van der Waals surface area contributed by atoms with E-state index in [0.717, 1.165) is 16.6 Å². The van der Waals surface area contributed by atoms with Crippen molar-refractivity contribution in [2.24, 2.45) is 0 Å². The van der Waals surface area contributed by atoms with Gasteiger partial charge in [0.2, 0.25) is 0 Å². The highest BCUT2D eigenvalue weighted by Crippen LogP contribution is 2.22. The summed E-state index contributed by atoms with van der Waals surface area (Å²) in [6.07, 6.45) is 2.20. The fourth-order valence-corrected chi connectivity index (χ4v) is 2.68. The van der Waals surface area contributed by atoms with Gasteiger partial charge in [-0.05, 0) is 46.6 Å². The highest BCUT2D eigenvalue weighted by molar-refractivity contribution is 9.10. The van der Waals surface area contributed by atoms with Gasteiger partial charge in [-0.1, -0.05) is 13.0 Å². The minimum atomic E-state index is -0.827. The van der Waals surface area contributed by atoms with Gasteiger partial charge in [-0.3, -0.25) is 9.20 Å². The predicted octanol–water partition coefficient (Wildman–Crippen LogP) is 4.19. The van der Waals surface area contributed by atoms with E-state index in [4.69, 9.17) is 0 Å². The van der Waals surface area contributed by atoms with Gasteiger partial charge < -0.3 is 5.32 Å². The molecule has 2 heterocycles. The molecule has 1 N–H and O–H groups in total. The fourth-order valence-electron chi connectivity index (χ4n) is 2.34. The van der Waals surface area contributed by atoms with E-state index in [-0.39, 0.29) is 5.69 Å². The number of hydrogen-bond acceptors (Lipinski definition) is 2. The number of pyridine rings is 1. The van der Waals surface area contributed by atoms with Crippen molar-refractivity contribution < 1.29 is 13.6 Å². The van der Waals surface area contributed by atoms with Crippen molar-refractivity contribution in [3.8, 4) is 0 Å². The van der Waals surface area contributed by atoms with E-state index < -0.39 is 23.2 Å². The largest absolute Gasteiger partial charge is 0.316 e. The highest BCUT2D eigenvalue weighted by Gasteiger charge is 2.21. The third kappa shape index (κ3) is 2.84. The summed E-state index contributed by atoms with van der Waals surface area (Å²) < 4.78 is 29.8. The molecule has 0 radical (unpaired) electrons. The molecule has 0 aliphatic rings. The van der Waals surface area contributed by atoms with E-state index in [0.29, 0.717) is 17.8 Å². The number of halogens is 3. The molecule has 0 bridgehead atoms. The molecule has 3 aromatic rings. The normalized spacial score (nSPS) is 11.0. The third-order valence-corrected chi connectivity index (χ3v) is 3.87. The number of carbonyl (C=O) groups excluding carboxylic acids is 1. The van der Waals surface area contributed by atoms with Crippen LogP contribution >= 0.6 is 15.9 Å². The Kier molecular flexibility index (Phi) is 4.12. The van der Waals surface area contributed by atoms with Crippen molar-refractivity contribution in [1.29, 1.82) is 0 Å². The number of hydrogen-bond donors (Lipinski definition) is 1. The lowest BCUT2D eigenvalue weighted by Gasteiger charge is -2.08. The summed E-state index contributed by atoms with van der Waals surface area (Å²) in [5.74, 6) is -2.27. The average molecular weight is 380 g/mol. The van der Waals surface area contributed by atoms with Gasteiger partial charge in [0.15, 0.2) is 0 Å². The van der Waals surface area contributed by atoms with Gasteiger partial charge in [-0.2, -0.15) is 0 Å². The summed E-state index contributed by atoms with van der Waals surface area (Å²) in [4.78, 5) is 16.9. The molecular formula is C16H12BrF2N3O. The standard InChI is InChI=1S/C16H12BrF2N3O/c1-2-12-15(22-8-9(17)6-7-13(22)20-12)16(23)21-14-10(18)4-3-5-11(14)19/h3-8H,2H2,1H3,(H,21,23). The number of amides is 1. The fraction of sp³-hybridized carbons (Fsp3) is 0.125. The smallest absolute Gasteiger partial charge is 0.274 e. The topological polar surface area (TPSA) is 46.4 Å². The first kappa shape index (κ1) is 15.6. The average Bonchev–Trinajstić information content (AvgIpc) is 2.88. The van der Waals surface area contributed by atoms with Crippen LogP contribution in [0.1, 0.15) is 23.1 Å². The number of rotatable bonds is 3. The van der Waals surface area contributed by atoms with Crippen LogP contribution in [0.15, 0.2) is 41.0 Å². The van der Waals surface area contributed by atoms with Gasteiger partial charge in [-0.15, -0.1) is 0 Å². The summed E-state index contributed by atoms with van der Waals surface area (Å²) in [6.45, 7) is 1.86. The first-order valence-electron chi connectivity index (χ1n) is 6.93. The van der Waals surface area contributed by atoms with Crippen LogP contribution in [0.2, 0.25) is 0 Å². The second kappa shape index (κ2) is 6.08. The maximum Gasteiger partial charge on any atom is 0.274 e. The van der Waals surface area contributed by atoms with Crippen LogP contribution < -0.4 is 5.32 Å². The van der Waals surface area contributed by atoms with Crippen LogP contribution in [-0.4, -0.2) is 15.3 Å². The van der Waals surface area contributed by atoms with Crippen molar-refractivity contribution in [1.82, 2.24) is 9.38 Å². The van der Waals surface area contributed by atoms with Gasteiger partial charge in [0, 0.05) is 10.7 Å². The summed E-state index contributed by atoms with van der Waals surface area (Å²) in [5.41, 5.74) is 0.928. The lowest BCUT2D eigenvalue weighted by Crippen LogP contribution is -2.18. The predicted molar refractivity (Wildman–Crippen MR) is 86.6 cm³/mol. The molecule has 0 aliphatic heterocycles. The summed E-state index contributed by atoms with van der Waals surface area (Å²) >= 11 is 3.34. The monoisotopic (exact) mass is 379 g/mol. The molecule has 23 heavy (non-hydrogen) atoms. The number of fused-ring (bicyclic) bond motifs is 1. The molecule has 118 valence electrons. The molecule has 3 rings (SSSR count). The van der Waals surface area contributed by atoms with Crippen LogP contribution in [-0.2, 0) is 6.42 Å². The van der Waals surface area contributed by atoms with Crippen molar-refractivity contribution in [3.05, 3.63) is 64.0 Å². The van der Waals surface area contributed by atoms with E-state index in [1.807, 2.05) is 6.92 Å². The first-order chi connectivity index (χ1) is 11.0. The van der Waals surface area contributed by atoms with Gasteiger partial charge in [0.05, 0.1) is 5.69 Å². The Hall–Kier alpha value is -2.28. The minimum absolute atomic E-state index is 0.256. The highest BCUT2D eigenvalue weighted by atomic mass is 79.9. The number of para-hydroxylation sites is 1. The molecule has 0 aliphatic carbocycles. The number of aromatic nitrogens is 2. The lowest BCUT2D eigenvalue weighted by molar-refractivity contribution is 0.101. The van der Waals surface area contributed by atoms with E-state index in [1.54, 1.807) is 22.7 Å². The Labute approximate surface area is 139 Å². The van der Waals surface area contributed by atoms with Crippen molar-refractivity contribution in [2.75, 3.05) is 5.32 Å². The molecule has 2 aromatic heterocycles. The molecule has 1 amide bonds. The van der Waals surface area contributed by atoms with Crippen molar-refractivity contribution in [3.63, 3.8) is 0 Å². The number of benzene rings is 1. The van der Waals surface area contributed by atoms with Crippen LogP contribution in [0.25, 0.3) is 5.65 Å². The summed E-state index contributed by atoms with van der Waals surface area (Å²) in [7, 11) is 0. The maximum absolute atomic E-state index is 13.7. The first-order valence-corrected chi connectivity index (χ1v) is 7.72. The van der Waals surface area contributed by atoms with Crippen molar-refractivity contribution in [2.45, 2.75) is 13.3 Å². The minimum Gasteiger partial charge on any atom is -0.316 e. The number of anilines is 1. The van der Waals surface area contributed by atoms with Gasteiger partial charge >= 0.3 is 0 Å². The Balaban J connectivity index is 2.09. The number of aryl methyl sites for hydroxylation is 1. The molecule has 0 fully saturated rings. The Morgan fingerprint density at radius 3 is 2.61 bits per heavy atom. The zero-order chi connectivity index (χ0) is 16.6. The van der Waals surface area contributed by atoms with E-state index in [2.05, 4.69) is 26.2 Å². The van der Waals surface area contributed by atoms with Gasteiger partial charge in [0.25, 0.3) is 5.91 Å². The van der Waals surface area contributed by atoms with Crippen molar-refractivity contribution >= 4 is 33.2 Å². The van der Waals surface area contributed by atoms with Crippen LogP contribution in [0.4, 0.5) is 14.5 Å². The third-order valence-electron chi connectivity index (χ3n) is 3.41. The molecule has 0 atom stereocenters. The zero-order valence-electron chi connectivity index (χ0n) is 12.1. The number of nitrogens with one attached hydrogen (secondary N) is 1. The van der Waals surface area contributed by atoms with Gasteiger partial charge in [0.1, 0.15) is 28.7 Å². The molecular weight excluding hydrogens is 368 g/mol. The van der Waals surface area contributed by atoms with Gasteiger partial charge in [-0.25, -0.2) is 13.8 Å². The number of carbonyl (C=O) groups is 1. The molecule has 0 saturated heterocycles. The molecule has 0 unspecified atom stereocenters. The molecule has 4 nitrogen and oxygen atoms in total. The molecule has 7 heteroatoms. The SMILES string of the molecule is CCc1nc2ccc(Br)cn2c1C(=O)Nc1c(F)cccc1F. The number of imidazole rings is 1. The van der Waals surface area contributed by atoms with E-state index in [9.17, 15) is 13.6 Å². The Morgan fingerprint density at radius 1 is 1.26 bits per heavy atom. The summed E-state index contributed by atoms with van der Waals surface area (Å²) in [5, 5.41) is 2.30. The Bertz CT molecular complexity index is 887. The van der Waals surface area contributed by atoms with Crippen LogP contribution in [0.5, 0.6) is 0 Å².